The summed E-state index contributed by atoms with van der Waals surface area (Å²) in [6, 6.07) is 6.87. The van der Waals surface area contributed by atoms with Crippen LogP contribution < -0.4 is 10.1 Å². The highest BCUT2D eigenvalue weighted by atomic mass is 35.5. The van der Waals surface area contributed by atoms with E-state index in [4.69, 9.17) is 27.9 Å². The van der Waals surface area contributed by atoms with Gasteiger partial charge in [0.1, 0.15) is 17.7 Å². The third kappa shape index (κ3) is 2.30. The molecule has 2 aromatic carbocycles. The van der Waals surface area contributed by atoms with Crippen LogP contribution in [0.3, 0.4) is 0 Å². The molecule has 2 nitrogen and oxygen atoms in total. The van der Waals surface area contributed by atoms with E-state index in [0.717, 1.165) is 0 Å². The number of ether oxygens (including phenoxy) is 1. The summed E-state index contributed by atoms with van der Waals surface area (Å²) < 4.78 is 33.2. The van der Waals surface area contributed by atoms with E-state index in [1.165, 1.54) is 24.3 Å². The van der Waals surface area contributed by atoms with Crippen LogP contribution in [0.4, 0.5) is 14.5 Å². The number of benzene rings is 2. The van der Waals surface area contributed by atoms with Crippen molar-refractivity contribution in [3.63, 3.8) is 0 Å². The maximum Gasteiger partial charge on any atom is 0.162 e. The van der Waals surface area contributed by atoms with Gasteiger partial charge in [-0.1, -0.05) is 29.3 Å². The van der Waals surface area contributed by atoms with Crippen LogP contribution in [0.2, 0.25) is 10.0 Å². The summed E-state index contributed by atoms with van der Waals surface area (Å²) in [5, 5.41) is 3.77. The van der Waals surface area contributed by atoms with Gasteiger partial charge in [0.25, 0.3) is 0 Å². The first-order chi connectivity index (χ1) is 9.56. The molecular weight excluding hydrogens is 307 g/mol. The quantitative estimate of drug-likeness (QED) is 0.814. The fourth-order valence-electron chi connectivity index (χ4n) is 2.18. The topological polar surface area (TPSA) is 21.3 Å². The monoisotopic (exact) mass is 315 g/mol. The number of halogens is 4. The highest BCUT2D eigenvalue weighted by molar-refractivity contribution is 6.36. The Balaban J connectivity index is 2.00. The molecule has 1 heterocycles. The summed E-state index contributed by atoms with van der Waals surface area (Å²) >= 11 is 11.9. The van der Waals surface area contributed by atoms with Gasteiger partial charge in [-0.2, -0.15) is 0 Å². The summed E-state index contributed by atoms with van der Waals surface area (Å²) in [4.78, 5) is 0. The molecule has 0 radical (unpaired) electrons. The Morgan fingerprint density at radius 2 is 1.85 bits per heavy atom. The molecule has 0 amide bonds. The number of hydrogen-bond donors (Lipinski definition) is 1. The summed E-state index contributed by atoms with van der Waals surface area (Å²) in [6.45, 7) is 0.224. The van der Waals surface area contributed by atoms with Gasteiger partial charge < -0.3 is 10.1 Å². The lowest BCUT2D eigenvalue weighted by Crippen LogP contribution is -2.25. The third-order valence-corrected chi connectivity index (χ3v) is 3.57. The van der Waals surface area contributed by atoms with E-state index in [-0.39, 0.29) is 12.1 Å². The SMILES string of the molecule is Fc1cccc(F)c1C1CNc2cc(Cl)cc(Cl)c2O1. The maximum atomic E-state index is 13.8. The van der Waals surface area contributed by atoms with Gasteiger partial charge in [0.05, 0.1) is 22.8 Å². The first-order valence-corrected chi connectivity index (χ1v) is 6.65. The zero-order valence-corrected chi connectivity index (χ0v) is 11.6. The molecule has 0 saturated carbocycles. The van der Waals surface area contributed by atoms with E-state index in [2.05, 4.69) is 5.32 Å². The summed E-state index contributed by atoms with van der Waals surface area (Å²) in [5.74, 6) is -0.953. The first kappa shape index (κ1) is 13.5. The lowest BCUT2D eigenvalue weighted by atomic mass is 10.1. The van der Waals surface area contributed by atoms with Gasteiger partial charge in [0, 0.05) is 5.02 Å². The van der Waals surface area contributed by atoms with Gasteiger partial charge in [-0.15, -0.1) is 0 Å². The van der Waals surface area contributed by atoms with Crippen LogP contribution in [0.25, 0.3) is 0 Å². The van der Waals surface area contributed by atoms with Crippen LogP contribution in [0.15, 0.2) is 30.3 Å². The first-order valence-electron chi connectivity index (χ1n) is 5.89. The minimum absolute atomic E-state index is 0.114. The van der Waals surface area contributed by atoms with Gasteiger partial charge in [-0.25, -0.2) is 8.78 Å². The van der Waals surface area contributed by atoms with Crippen LogP contribution in [0.5, 0.6) is 5.75 Å². The smallest absolute Gasteiger partial charge is 0.162 e. The standard InChI is InChI=1S/C14H9Cl2F2NO/c15-7-4-8(16)14-11(5-7)19-6-12(20-14)13-9(17)2-1-3-10(13)18/h1-5,12,19H,6H2. The molecule has 0 fully saturated rings. The summed E-state index contributed by atoms with van der Waals surface area (Å²) in [5.41, 5.74) is 0.493. The van der Waals surface area contributed by atoms with Crippen molar-refractivity contribution in [2.75, 3.05) is 11.9 Å². The fraction of sp³-hybridized carbons (Fsp3) is 0.143. The van der Waals surface area contributed by atoms with E-state index in [0.29, 0.717) is 21.5 Å². The molecule has 6 heteroatoms. The Morgan fingerprint density at radius 3 is 2.55 bits per heavy atom. The molecule has 1 aliphatic rings. The van der Waals surface area contributed by atoms with Crippen molar-refractivity contribution in [3.8, 4) is 5.75 Å². The zero-order chi connectivity index (χ0) is 14.3. The minimum atomic E-state index is -0.789. The van der Waals surface area contributed by atoms with Crippen molar-refractivity contribution < 1.29 is 13.5 Å². The fourth-order valence-corrected chi connectivity index (χ4v) is 2.72. The normalized spacial score (nSPS) is 17.1. The van der Waals surface area contributed by atoms with E-state index in [1.54, 1.807) is 6.07 Å². The van der Waals surface area contributed by atoms with Crippen molar-refractivity contribution in [1.29, 1.82) is 0 Å². The second kappa shape index (κ2) is 5.11. The average Bonchev–Trinajstić information content (AvgIpc) is 2.39. The third-order valence-electron chi connectivity index (χ3n) is 3.07. The van der Waals surface area contributed by atoms with Crippen molar-refractivity contribution in [1.82, 2.24) is 0 Å². The second-order valence-electron chi connectivity index (χ2n) is 4.39. The average molecular weight is 316 g/mol. The molecule has 1 unspecified atom stereocenters. The maximum absolute atomic E-state index is 13.8. The molecular formula is C14H9Cl2F2NO. The summed E-state index contributed by atoms with van der Waals surface area (Å²) in [6.07, 6.45) is -0.789. The molecule has 0 aromatic heterocycles. The predicted octanol–water partition coefficient (Wildman–Crippen LogP) is 4.82. The molecule has 1 atom stereocenters. The lowest BCUT2D eigenvalue weighted by Gasteiger charge is -2.28. The van der Waals surface area contributed by atoms with Crippen molar-refractivity contribution in [3.05, 3.63) is 57.6 Å². The van der Waals surface area contributed by atoms with Crippen molar-refractivity contribution in [2.45, 2.75) is 6.10 Å². The second-order valence-corrected chi connectivity index (χ2v) is 5.23. The van der Waals surface area contributed by atoms with Gasteiger partial charge >= 0.3 is 0 Å². The van der Waals surface area contributed by atoms with Gasteiger partial charge in [0.2, 0.25) is 0 Å². The van der Waals surface area contributed by atoms with Crippen LogP contribution >= 0.6 is 23.2 Å². The van der Waals surface area contributed by atoms with Crippen LogP contribution in [0.1, 0.15) is 11.7 Å². The van der Waals surface area contributed by atoms with Gasteiger partial charge in [-0.3, -0.25) is 0 Å². The largest absolute Gasteiger partial charge is 0.480 e. The Kier molecular flexibility index (Phi) is 3.44. The van der Waals surface area contributed by atoms with Crippen LogP contribution in [-0.4, -0.2) is 6.54 Å². The number of fused-ring (bicyclic) bond motifs is 1. The van der Waals surface area contributed by atoms with Crippen molar-refractivity contribution >= 4 is 28.9 Å². The highest BCUT2D eigenvalue weighted by Gasteiger charge is 2.28. The number of anilines is 1. The summed E-state index contributed by atoms with van der Waals surface area (Å²) in [7, 11) is 0. The number of hydrogen-bond acceptors (Lipinski definition) is 2. The molecule has 0 spiro atoms. The van der Waals surface area contributed by atoms with E-state index < -0.39 is 17.7 Å². The Labute approximate surface area is 124 Å². The minimum Gasteiger partial charge on any atom is -0.480 e. The Bertz CT molecular complexity index is 658. The molecule has 1 N–H and O–H groups in total. The molecule has 0 bridgehead atoms. The molecule has 20 heavy (non-hydrogen) atoms. The Morgan fingerprint density at radius 1 is 1.15 bits per heavy atom. The van der Waals surface area contributed by atoms with E-state index >= 15 is 0 Å². The number of rotatable bonds is 1. The Hall–Kier alpha value is -1.52. The predicted molar refractivity (Wildman–Crippen MR) is 74.7 cm³/mol. The van der Waals surface area contributed by atoms with E-state index in [9.17, 15) is 8.78 Å². The lowest BCUT2D eigenvalue weighted by molar-refractivity contribution is 0.200. The molecule has 0 aliphatic carbocycles. The molecule has 2 aromatic rings. The molecule has 104 valence electrons. The van der Waals surface area contributed by atoms with E-state index in [1.807, 2.05) is 0 Å². The van der Waals surface area contributed by atoms with Gasteiger partial charge in [0.15, 0.2) is 5.75 Å². The van der Waals surface area contributed by atoms with Gasteiger partial charge in [-0.05, 0) is 24.3 Å². The van der Waals surface area contributed by atoms with Crippen molar-refractivity contribution in [2.24, 2.45) is 0 Å². The number of nitrogens with one attached hydrogen (secondary N) is 1. The van der Waals surface area contributed by atoms with Crippen LogP contribution in [0, 0.1) is 11.6 Å². The zero-order valence-electron chi connectivity index (χ0n) is 10.1. The van der Waals surface area contributed by atoms with Crippen LogP contribution in [-0.2, 0) is 0 Å². The highest BCUT2D eigenvalue weighted by Crippen LogP contribution is 2.42. The molecule has 1 aliphatic heterocycles. The molecule has 3 rings (SSSR count). The molecule has 0 saturated heterocycles.